The van der Waals surface area contributed by atoms with E-state index in [1.807, 2.05) is 12.3 Å². The van der Waals surface area contributed by atoms with Crippen LogP contribution in [0.5, 0.6) is 5.75 Å². The van der Waals surface area contributed by atoms with Gasteiger partial charge < -0.3 is 4.74 Å². The standard InChI is InChI=1S/C12H11ClN2O2/c13-11-8-10(9-16)2-3-12(11)17-7-6-15-5-1-4-14-15/h1-5,8-9H,6-7H2. The van der Waals surface area contributed by atoms with Gasteiger partial charge >= 0.3 is 0 Å². The van der Waals surface area contributed by atoms with Gasteiger partial charge in [0.1, 0.15) is 18.6 Å². The Balaban J connectivity index is 1.92. The van der Waals surface area contributed by atoms with Gasteiger partial charge in [0, 0.05) is 18.0 Å². The zero-order chi connectivity index (χ0) is 12.1. The van der Waals surface area contributed by atoms with E-state index in [9.17, 15) is 4.79 Å². The van der Waals surface area contributed by atoms with E-state index in [0.29, 0.717) is 29.5 Å². The van der Waals surface area contributed by atoms with Crippen LogP contribution in [-0.4, -0.2) is 22.7 Å². The number of benzene rings is 1. The van der Waals surface area contributed by atoms with E-state index in [1.165, 1.54) is 0 Å². The smallest absolute Gasteiger partial charge is 0.150 e. The average molecular weight is 251 g/mol. The Morgan fingerprint density at radius 1 is 1.47 bits per heavy atom. The molecule has 0 saturated carbocycles. The van der Waals surface area contributed by atoms with Crippen molar-refractivity contribution in [3.63, 3.8) is 0 Å². The van der Waals surface area contributed by atoms with Gasteiger partial charge in [0.15, 0.2) is 0 Å². The number of halogens is 1. The molecule has 0 saturated heterocycles. The molecule has 0 radical (unpaired) electrons. The van der Waals surface area contributed by atoms with Gasteiger partial charge in [-0.1, -0.05) is 11.6 Å². The van der Waals surface area contributed by atoms with Gasteiger partial charge in [-0.05, 0) is 24.3 Å². The molecule has 4 nitrogen and oxygen atoms in total. The number of carbonyl (C=O) groups is 1. The molecule has 1 aromatic carbocycles. The Morgan fingerprint density at radius 3 is 3.00 bits per heavy atom. The molecule has 0 amide bonds. The first-order valence-corrected chi connectivity index (χ1v) is 5.52. The van der Waals surface area contributed by atoms with E-state index in [2.05, 4.69) is 5.10 Å². The number of rotatable bonds is 5. The third-order valence-corrected chi connectivity index (χ3v) is 2.52. The summed E-state index contributed by atoms with van der Waals surface area (Å²) in [6.45, 7) is 1.13. The van der Waals surface area contributed by atoms with Crippen LogP contribution >= 0.6 is 11.6 Å². The molecule has 0 fully saturated rings. The number of carbonyl (C=O) groups excluding carboxylic acids is 1. The molecule has 0 aliphatic rings. The Labute approximate surface area is 104 Å². The molecule has 0 N–H and O–H groups in total. The third-order valence-electron chi connectivity index (χ3n) is 2.23. The maximum absolute atomic E-state index is 10.5. The summed E-state index contributed by atoms with van der Waals surface area (Å²) in [5.41, 5.74) is 0.537. The lowest BCUT2D eigenvalue weighted by molar-refractivity contribution is 0.112. The van der Waals surface area contributed by atoms with Gasteiger partial charge in [-0.3, -0.25) is 9.48 Å². The minimum absolute atomic E-state index is 0.440. The first-order chi connectivity index (χ1) is 8.29. The summed E-state index contributed by atoms with van der Waals surface area (Å²) in [7, 11) is 0. The van der Waals surface area contributed by atoms with Crippen LogP contribution in [0.25, 0.3) is 0 Å². The summed E-state index contributed by atoms with van der Waals surface area (Å²) in [5.74, 6) is 0.574. The maximum Gasteiger partial charge on any atom is 0.150 e. The van der Waals surface area contributed by atoms with Crippen molar-refractivity contribution >= 4 is 17.9 Å². The minimum Gasteiger partial charge on any atom is -0.490 e. The zero-order valence-electron chi connectivity index (χ0n) is 9.04. The Morgan fingerprint density at radius 2 is 2.35 bits per heavy atom. The van der Waals surface area contributed by atoms with Crippen molar-refractivity contribution in [3.8, 4) is 5.75 Å². The molecule has 1 aromatic heterocycles. The van der Waals surface area contributed by atoms with Crippen molar-refractivity contribution in [2.45, 2.75) is 6.54 Å². The zero-order valence-corrected chi connectivity index (χ0v) is 9.80. The normalized spacial score (nSPS) is 10.2. The van der Waals surface area contributed by atoms with E-state index in [1.54, 1.807) is 29.1 Å². The first kappa shape index (κ1) is 11.7. The highest BCUT2D eigenvalue weighted by atomic mass is 35.5. The Hall–Kier alpha value is -1.81. The van der Waals surface area contributed by atoms with Crippen LogP contribution in [0.2, 0.25) is 5.02 Å². The molecule has 0 unspecified atom stereocenters. The second-order valence-corrected chi connectivity index (χ2v) is 3.83. The van der Waals surface area contributed by atoms with E-state index in [-0.39, 0.29) is 0 Å². The van der Waals surface area contributed by atoms with Crippen molar-refractivity contribution in [3.05, 3.63) is 47.2 Å². The summed E-state index contributed by atoms with van der Waals surface area (Å²) in [5, 5.41) is 4.49. The van der Waals surface area contributed by atoms with Crippen LogP contribution in [0.3, 0.4) is 0 Å². The van der Waals surface area contributed by atoms with Gasteiger partial charge in [-0.2, -0.15) is 5.10 Å². The van der Waals surface area contributed by atoms with E-state index >= 15 is 0 Å². The van der Waals surface area contributed by atoms with Gasteiger partial charge in [-0.15, -0.1) is 0 Å². The van der Waals surface area contributed by atoms with E-state index in [0.717, 1.165) is 6.29 Å². The van der Waals surface area contributed by atoms with Crippen molar-refractivity contribution in [1.29, 1.82) is 0 Å². The fourth-order valence-electron chi connectivity index (χ4n) is 1.39. The fourth-order valence-corrected chi connectivity index (χ4v) is 1.63. The highest BCUT2D eigenvalue weighted by molar-refractivity contribution is 6.32. The molecule has 2 rings (SSSR count). The number of hydrogen-bond acceptors (Lipinski definition) is 3. The lowest BCUT2D eigenvalue weighted by Gasteiger charge is -2.08. The van der Waals surface area contributed by atoms with Crippen molar-refractivity contribution < 1.29 is 9.53 Å². The van der Waals surface area contributed by atoms with Gasteiger partial charge in [-0.25, -0.2) is 0 Å². The molecule has 0 bridgehead atoms. The van der Waals surface area contributed by atoms with Gasteiger partial charge in [0.2, 0.25) is 0 Å². The van der Waals surface area contributed by atoms with Crippen LogP contribution in [-0.2, 0) is 6.54 Å². The largest absolute Gasteiger partial charge is 0.490 e. The highest BCUT2D eigenvalue weighted by Gasteiger charge is 2.02. The summed E-state index contributed by atoms with van der Waals surface area (Å²) in [6, 6.07) is 6.79. The van der Waals surface area contributed by atoms with Gasteiger partial charge in [0.25, 0.3) is 0 Å². The minimum atomic E-state index is 0.440. The summed E-state index contributed by atoms with van der Waals surface area (Å²) >= 11 is 5.96. The topological polar surface area (TPSA) is 44.1 Å². The Kier molecular flexibility index (Phi) is 3.77. The number of aromatic nitrogens is 2. The summed E-state index contributed by atoms with van der Waals surface area (Å²) in [4.78, 5) is 10.5. The maximum atomic E-state index is 10.5. The fraction of sp³-hybridized carbons (Fsp3) is 0.167. The van der Waals surface area contributed by atoms with Crippen LogP contribution in [0.1, 0.15) is 10.4 Å². The average Bonchev–Trinajstić information content (AvgIpc) is 2.84. The van der Waals surface area contributed by atoms with Crippen molar-refractivity contribution in [2.75, 3.05) is 6.61 Å². The van der Waals surface area contributed by atoms with E-state index in [4.69, 9.17) is 16.3 Å². The molecular formula is C12H11ClN2O2. The van der Waals surface area contributed by atoms with Crippen molar-refractivity contribution in [2.24, 2.45) is 0 Å². The van der Waals surface area contributed by atoms with Crippen molar-refractivity contribution in [1.82, 2.24) is 9.78 Å². The quantitative estimate of drug-likeness (QED) is 0.766. The predicted molar refractivity (Wildman–Crippen MR) is 64.6 cm³/mol. The molecule has 0 atom stereocenters. The summed E-state index contributed by atoms with van der Waals surface area (Å²) < 4.78 is 7.27. The number of nitrogens with zero attached hydrogens (tertiary/aromatic N) is 2. The molecule has 5 heteroatoms. The first-order valence-electron chi connectivity index (χ1n) is 5.14. The highest BCUT2D eigenvalue weighted by Crippen LogP contribution is 2.24. The molecular weight excluding hydrogens is 240 g/mol. The molecule has 88 valence electrons. The summed E-state index contributed by atoms with van der Waals surface area (Å²) in [6.07, 6.45) is 4.33. The lowest BCUT2D eigenvalue weighted by atomic mass is 10.2. The van der Waals surface area contributed by atoms with Crippen LogP contribution in [0.15, 0.2) is 36.7 Å². The van der Waals surface area contributed by atoms with Crippen LogP contribution in [0, 0.1) is 0 Å². The lowest BCUT2D eigenvalue weighted by Crippen LogP contribution is -2.08. The second-order valence-electron chi connectivity index (χ2n) is 3.43. The number of aldehydes is 1. The molecule has 1 heterocycles. The monoisotopic (exact) mass is 250 g/mol. The second kappa shape index (κ2) is 5.50. The molecule has 17 heavy (non-hydrogen) atoms. The third kappa shape index (κ3) is 3.07. The molecule has 0 aliphatic carbocycles. The number of hydrogen-bond donors (Lipinski definition) is 0. The molecule has 2 aromatic rings. The molecule has 0 aliphatic heterocycles. The Bertz CT molecular complexity index is 497. The molecule has 0 spiro atoms. The predicted octanol–water partition coefficient (Wildman–Crippen LogP) is 2.43. The van der Waals surface area contributed by atoms with Crippen LogP contribution in [0.4, 0.5) is 0 Å². The van der Waals surface area contributed by atoms with E-state index < -0.39 is 0 Å². The SMILES string of the molecule is O=Cc1ccc(OCCn2cccn2)c(Cl)c1. The van der Waals surface area contributed by atoms with Crippen LogP contribution < -0.4 is 4.74 Å². The van der Waals surface area contributed by atoms with Gasteiger partial charge in [0.05, 0.1) is 11.6 Å². The number of ether oxygens (including phenoxy) is 1.